The van der Waals surface area contributed by atoms with Crippen molar-refractivity contribution >= 4 is 23.2 Å². The second kappa shape index (κ2) is 11.0. The monoisotopic (exact) mass is 464 g/mol. The van der Waals surface area contributed by atoms with Gasteiger partial charge in [-0.15, -0.1) is 11.3 Å². The Hall–Kier alpha value is -3.26. The van der Waals surface area contributed by atoms with E-state index in [2.05, 4.69) is 15.3 Å². The fourth-order valence-electron chi connectivity index (χ4n) is 3.87. The van der Waals surface area contributed by atoms with Gasteiger partial charge >= 0.3 is 0 Å². The number of ether oxygens (including phenoxy) is 1. The Balaban J connectivity index is 1.46. The lowest BCUT2D eigenvalue weighted by atomic mass is 10.1. The Morgan fingerprint density at radius 2 is 2.03 bits per heavy atom. The molecule has 3 heterocycles. The maximum absolute atomic E-state index is 13.3. The Morgan fingerprint density at radius 1 is 1.18 bits per heavy atom. The molecule has 0 aliphatic carbocycles. The second-order valence-electron chi connectivity index (χ2n) is 8.11. The number of aryl methyl sites for hydroxylation is 1. The summed E-state index contributed by atoms with van der Waals surface area (Å²) in [6.45, 7) is 3.33. The van der Waals surface area contributed by atoms with Gasteiger partial charge in [0.15, 0.2) is 0 Å². The van der Waals surface area contributed by atoms with Gasteiger partial charge in [-0.3, -0.25) is 14.6 Å². The van der Waals surface area contributed by atoms with E-state index < -0.39 is 6.04 Å². The molecule has 3 aromatic rings. The van der Waals surface area contributed by atoms with Crippen LogP contribution in [0.4, 0.5) is 0 Å². The van der Waals surface area contributed by atoms with E-state index >= 15 is 0 Å². The standard InChI is InChI=1S/C25H28N4O3S/c1-18-28-21(17-33-18)14-24(30)29(23-7-3-5-13-27-25(23)31)15-19-8-10-22(11-9-19)32-16-20-6-2-4-12-26-20/h2,4,6,8-12,17,23H,3,5,7,13-16H2,1H3,(H,27,31)/t23-/m0/s1. The largest absolute Gasteiger partial charge is 0.487 e. The van der Waals surface area contributed by atoms with Gasteiger partial charge in [0.05, 0.1) is 22.8 Å². The van der Waals surface area contributed by atoms with E-state index in [0.717, 1.165) is 40.6 Å². The number of hydrogen-bond acceptors (Lipinski definition) is 6. The molecule has 1 aliphatic heterocycles. The summed E-state index contributed by atoms with van der Waals surface area (Å²) in [6.07, 6.45) is 4.43. The molecule has 1 N–H and O–H groups in total. The van der Waals surface area contributed by atoms with Crippen LogP contribution in [0.1, 0.15) is 41.2 Å². The number of amides is 2. The first kappa shape index (κ1) is 22.9. The van der Waals surface area contributed by atoms with Crippen LogP contribution in [0.25, 0.3) is 0 Å². The van der Waals surface area contributed by atoms with E-state index in [-0.39, 0.29) is 18.2 Å². The average Bonchev–Trinajstić information content (AvgIpc) is 3.12. The number of nitrogens with zero attached hydrogens (tertiary/aromatic N) is 3. The molecule has 1 saturated heterocycles. The quantitative estimate of drug-likeness (QED) is 0.550. The highest BCUT2D eigenvalue weighted by Gasteiger charge is 2.31. The predicted molar refractivity (Wildman–Crippen MR) is 127 cm³/mol. The highest BCUT2D eigenvalue weighted by atomic mass is 32.1. The minimum Gasteiger partial charge on any atom is -0.487 e. The van der Waals surface area contributed by atoms with Gasteiger partial charge in [-0.1, -0.05) is 18.2 Å². The first-order chi connectivity index (χ1) is 16.1. The number of aromatic nitrogens is 2. The predicted octanol–water partition coefficient (Wildman–Crippen LogP) is 3.67. The highest BCUT2D eigenvalue weighted by molar-refractivity contribution is 7.09. The minimum absolute atomic E-state index is 0.0781. The van der Waals surface area contributed by atoms with E-state index in [0.29, 0.717) is 26.1 Å². The number of rotatable bonds is 8. The maximum atomic E-state index is 13.3. The van der Waals surface area contributed by atoms with Gasteiger partial charge in [-0.2, -0.15) is 0 Å². The molecule has 1 aromatic carbocycles. The first-order valence-corrected chi connectivity index (χ1v) is 12.1. The molecule has 33 heavy (non-hydrogen) atoms. The van der Waals surface area contributed by atoms with Gasteiger partial charge < -0.3 is 15.0 Å². The van der Waals surface area contributed by atoms with E-state index in [1.807, 2.05) is 54.8 Å². The van der Waals surface area contributed by atoms with Crippen molar-refractivity contribution in [3.63, 3.8) is 0 Å². The van der Waals surface area contributed by atoms with Crippen molar-refractivity contribution in [1.82, 2.24) is 20.2 Å². The SMILES string of the molecule is Cc1nc(CC(=O)N(Cc2ccc(OCc3ccccn3)cc2)[C@H]2CCCCNC2=O)cs1. The summed E-state index contributed by atoms with van der Waals surface area (Å²) in [7, 11) is 0. The molecule has 8 heteroatoms. The van der Waals surface area contributed by atoms with Crippen molar-refractivity contribution in [2.45, 2.75) is 51.8 Å². The van der Waals surface area contributed by atoms with Gasteiger partial charge in [0.25, 0.3) is 0 Å². The van der Waals surface area contributed by atoms with Crippen LogP contribution in [-0.4, -0.2) is 39.3 Å². The van der Waals surface area contributed by atoms with Crippen LogP contribution in [0.15, 0.2) is 54.0 Å². The van der Waals surface area contributed by atoms with Crippen molar-refractivity contribution in [3.05, 3.63) is 76.0 Å². The second-order valence-corrected chi connectivity index (χ2v) is 9.17. The molecule has 2 amide bonds. The first-order valence-electron chi connectivity index (χ1n) is 11.2. The average molecular weight is 465 g/mol. The smallest absolute Gasteiger partial charge is 0.242 e. The number of carbonyl (C=O) groups excluding carboxylic acids is 2. The third kappa shape index (κ3) is 6.38. The number of carbonyl (C=O) groups is 2. The summed E-state index contributed by atoms with van der Waals surface area (Å²) in [4.78, 5) is 36.4. The number of hydrogen-bond donors (Lipinski definition) is 1. The zero-order valence-corrected chi connectivity index (χ0v) is 19.5. The van der Waals surface area contributed by atoms with Crippen LogP contribution in [-0.2, 0) is 29.2 Å². The summed E-state index contributed by atoms with van der Waals surface area (Å²) in [5.41, 5.74) is 2.55. The summed E-state index contributed by atoms with van der Waals surface area (Å²) in [5, 5.41) is 5.79. The van der Waals surface area contributed by atoms with E-state index in [9.17, 15) is 9.59 Å². The third-order valence-electron chi connectivity index (χ3n) is 5.59. The summed E-state index contributed by atoms with van der Waals surface area (Å²) in [5.74, 6) is 0.566. The minimum atomic E-state index is -0.472. The normalized spacial score (nSPS) is 16.0. The fourth-order valence-corrected chi connectivity index (χ4v) is 4.48. The van der Waals surface area contributed by atoms with Gasteiger partial charge in [0.2, 0.25) is 11.8 Å². The molecule has 7 nitrogen and oxygen atoms in total. The lowest BCUT2D eigenvalue weighted by molar-refractivity contribution is -0.140. The van der Waals surface area contributed by atoms with E-state index in [1.54, 1.807) is 11.1 Å². The lowest BCUT2D eigenvalue weighted by Crippen LogP contribution is -2.48. The van der Waals surface area contributed by atoms with Crippen molar-refractivity contribution < 1.29 is 14.3 Å². The Morgan fingerprint density at radius 3 is 2.76 bits per heavy atom. The Bertz CT molecular complexity index is 1070. The van der Waals surface area contributed by atoms with Crippen LogP contribution >= 0.6 is 11.3 Å². The number of nitrogens with one attached hydrogen (secondary N) is 1. The fraction of sp³-hybridized carbons (Fsp3) is 0.360. The van der Waals surface area contributed by atoms with Gasteiger partial charge in [0, 0.05) is 24.7 Å². The number of benzene rings is 1. The van der Waals surface area contributed by atoms with Gasteiger partial charge in [0.1, 0.15) is 18.4 Å². The Labute approximate surface area is 197 Å². The van der Waals surface area contributed by atoms with Crippen molar-refractivity contribution in [2.24, 2.45) is 0 Å². The Kier molecular flexibility index (Phi) is 7.67. The number of thiazole rings is 1. The van der Waals surface area contributed by atoms with Crippen molar-refractivity contribution in [3.8, 4) is 5.75 Å². The van der Waals surface area contributed by atoms with Crippen molar-refractivity contribution in [2.75, 3.05) is 6.54 Å². The summed E-state index contributed by atoms with van der Waals surface area (Å²) >= 11 is 1.53. The maximum Gasteiger partial charge on any atom is 0.242 e. The van der Waals surface area contributed by atoms with Crippen molar-refractivity contribution in [1.29, 1.82) is 0 Å². The van der Waals surface area contributed by atoms with Crippen LogP contribution in [0.5, 0.6) is 5.75 Å². The molecule has 0 saturated carbocycles. The lowest BCUT2D eigenvalue weighted by Gasteiger charge is -2.30. The van der Waals surface area contributed by atoms with E-state index in [4.69, 9.17) is 4.74 Å². The van der Waals surface area contributed by atoms with E-state index in [1.165, 1.54) is 11.3 Å². The molecule has 2 aromatic heterocycles. The molecule has 0 spiro atoms. The highest BCUT2D eigenvalue weighted by Crippen LogP contribution is 2.21. The molecular formula is C25H28N4O3S. The van der Waals surface area contributed by atoms with Crippen LogP contribution < -0.4 is 10.1 Å². The molecule has 4 rings (SSSR count). The van der Waals surface area contributed by atoms with Crippen LogP contribution in [0, 0.1) is 6.92 Å². The van der Waals surface area contributed by atoms with Gasteiger partial charge in [-0.25, -0.2) is 4.98 Å². The molecule has 1 aliphatic rings. The topological polar surface area (TPSA) is 84.4 Å². The molecule has 172 valence electrons. The van der Waals surface area contributed by atoms with Crippen LogP contribution in [0.2, 0.25) is 0 Å². The molecular weight excluding hydrogens is 436 g/mol. The molecule has 0 bridgehead atoms. The summed E-state index contributed by atoms with van der Waals surface area (Å²) < 4.78 is 5.82. The number of pyridine rings is 1. The molecule has 0 radical (unpaired) electrons. The third-order valence-corrected chi connectivity index (χ3v) is 6.41. The zero-order chi connectivity index (χ0) is 23.0. The molecule has 1 atom stereocenters. The van der Waals surface area contributed by atoms with Gasteiger partial charge in [-0.05, 0) is 56.0 Å². The molecule has 1 fully saturated rings. The summed E-state index contributed by atoms with van der Waals surface area (Å²) in [6, 6.07) is 12.9. The zero-order valence-electron chi connectivity index (χ0n) is 18.7. The van der Waals surface area contributed by atoms with Crippen LogP contribution in [0.3, 0.4) is 0 Å². The molecule has 0 unspecified atom stereocenters.